The van der Waals surface area contributed by atoms with Gasteiger partial charge in [0.2, 0.25) is 0 Å². The molecule has 2 aliphatic rings. The Hall–Kier alpha value is -2.70. The van der Waals surface area contributed by atoms with E-state index < -0.39 is 5.91 Å². The Morgan fingerprint density at radius 2 is 1.77 bits per heavy atom. The summed E-state index contributed by atoms with van der Waals surface area (Å²) in [5.74, 6) is -0.973. The highest BCUT2D eigenvalue weighted by atomic mass is 35.5. The van der Waals surface area contributed by atoms with Gasteiger partial charge in [0.05, 0.1) is 17.7 Å². The average molecular weight is 426 g/mol. The zero-order chi connectivity index (χ0) is 21.1. The average Bonchev–Trinajstić information content (AvgIpc) is 3.34. The van der Waals surface area contributed by atoms with Crippen LogP contribution >= 0.6 is 11.6 Å². The fraction of sp³-hybridized carbons (Fsp3) is 0.348. The minimum atomic E-state index is -0.390. The van der Waals surface area contributed by atoms with E-state index in [0.29, 0.717) is 22.7 Å². The molecule has 7 heteroatoms. The summed E-state index contributed by atoms with van der Waals surface area (Å²) in [7, 11) is 0. The molecule has 0 saturated carbocycles. The predicted octanol–water partition coefficient (Wildman–Crippen LogP) is 3.35. The normalized spacial score (nSPS) is 16.2. The van der Waals surface area contributed by atoms with Crippen molar-refractivity contribution in [2.24, 2.45) is 0 Å². The summed E-state index contributed by atoms with van der Waals surface area (Å²) in [5.41, 5.74) is 1.76. The summed E-state index contributed by atoms with van der Waals surface area (Å²) < 4.78 is 0. The van der Waals surface area contributed by atoms with Gasteiger partial charge in [-0.3, -0.25) is 19.3 Å². The van der Waals surface area contributed by atoms with Crippen LogP contribution in [0, 0.1) is 0 Å². The molecule has 3 amide bonds. The van der Waals surface area contributed by atoms with Gasteiger partial charge in [0.25, 0.3) is 17.7 Å². The van der Waals surface area contributed by atoms with E-state index in [9.17, 15) is 14.4 Å². The topological polar surface area (TPSA) is 69.7 Å². The van der Waals surface area contributed by atoms with Gasteiger partial charge in [-0.15, -0.1) is 0 Å². The number of halogens is 1. The zero-order valence-electron chi connectivity index (χ0n) is 16.7. The second-order valence-electron chi connectivity index (χ2n) is 7.74. The standard InChI is InChI=1S/C23H24ClN3O3/c24-18-6-3-5-16(13-18)15-27-22(29)19-8-7-17(14-20(19)23(27)30)21(28)25-9-4-12-26-10-1-2-11-26/h3,5-8,13-14H,1-2,4,9-12,15H2,(H,25,28). The van der Waals surface area contributed by atoms with E-state index in [1.165, 1.54) is 23.8 Å². The van der Waals surface area contributed by atoms with Crippen LogP contribution in [0.2, 0.25) is 5.02 Å². The molecule has 6 nitrogen and oxygen atoms in total. The van der Waals surface area contributed by atoms with Gasteiger partial charge in [0.1, 0.15) is 0 Å². The molecule has 0 atom stereocenters. The lowest BCUT2D eigenvalue weighted by atomic mass is 10.1. The minimum Gasteiger partial charge on any atom is -0.352 e. The maximum atomic E-state index is 12.8. The molecule has 0 aromatic heterocycles. The van der Waals surface area contributed by atoms with Gasteiger partial charge in [0, 0.05) is 17.1 Å². The third-order valence-corrected chi connectivity index (χ3v) is 5.83. The number of carbonyl (C=O) groups excluding carboxylic acids is 3. The maximum absolute atomic E-state index is 12.8. The first-order valence-electron chi connectivity index (χ1n) is 10.3. The molecule has 4 rings (SSSR count). The number of hydrogen-bond donors (Lipinski definition) is 1. The minimum absolute atomic E-state index is 0.144. The number of carbonyl (C=O) groups is 3. The Morgan fingerprint density at radius 3 is 2.53 bits per heavy atom. The molecule has 0 spiro atoms. The van der Waals surface area contributed by atoms with E-state index in [4.69, 9.17) is 11.6 Å². The van der Waals surface area contributed by atoms with Crippen molar-refractivity contribution in [1.29, 1.82) is 0 Å². The summed E-state index contributed by atoms with van der Waals surface area (Å²) in [4.78, 5) is 41.6. The molecule has 0 unspecified atom stereocenters. The third-order valence-electron chi connectivity index (χ3n) is 5.60. The number of imide groups is 1. The zero-order valence-corrected chi connectivity index (χ0v) is 17.5. The molecule has 1 saturated heterocycles. The Morgan fingerprint density at radius 1 is 1.00 bits per heavy atom. The van der Waals surface area contributed by atoms with Crippen LogP contribution in [0.25, 0.3) is 0 Å². The summed E-state index contributed by atoms with van der Waals surface area (Å²) in [6.07, 6.45) is 3.40. The van der Waals surface area contributed by atoms with E-state index >= 15 is 0 Å². The largest absolute Gasteiger partial charge is 0.352 e. The summed E-state index contributed by atoms with van der Waals surface area (Å²) >= 11 is 6.00. The number of fused-ring (bicyclic) bond motifs is 1. The quantitative estimate of drug-likeness (QED) is 0.545. The van der Waals surface area contributed by atoms with E-state index in [1.54, 1.807) is 30.3 Å². The van der Waals surface area contributed by atoms with E-state index in [0.717, 1.165) is 31.6 Å². The molecule has 0 radical (unpaired) electrons. The van der Waals surface area contributed by atoms with Crippen LogP contribution in [0.4, 0.5) is 0 Å². The SMILES string of the molecule is O=C(NCCCN1CCCC1)c1ccc2c(c1)C(=O)N(Cc1cccc(Cl)c1)C2=O. The first kappa shape index (κ1) is 20.6. The number of rotatable bonds is 7. The van der Waals surface area contributed by atoms with E-state index in [-0.39, 0.29) is 23.9 Å². The maximum Gasteiger partial charge on any atom is 0.261 e. The third kappa shape index (κ3) is 4.40. The Kier molecular flexibility index (Phi) is 6.16. The van der Waals surface area contributed by atoms with Gasteiger partial charge in [-0.2, -0.15) is 0 Å². The van der Waals surface area contributed by atoms with Crippen LogP contribution in [0.5, 0.6) is 0 Å². The van der Waals surface area contributed by atoms with Gasteiger partial charge in [-0.1, -0.05) is 23.7 Å². The van der Waals surface area contributed by atoms with Crippen molar-refractivity contribution in [3.63, 3.8) is 0 Å². The monoisotopic (exact) mass is 425 g/mol. The van der Waals surface area contributed by atoms with Crippen molar-refractivity contribution in [2.75, 3.05) is 26.2 Å². The lowest BCUT2D eigenvalue weighted by molar-refractivity contribution is 0.0642. The predicted molar refractivity (Wildman–Crippen MR) is 115 cm³/mol. The Labute approximate surface area is 180 Å². The van der Waals surface area contributed by atoms with Gasteiger partial charge in [0.15, 0.2) is 0 Å². The highest BCUT2D eigenvalue weighted by molar-refractivity contribution is 6.30. The molecule has 30 heavy (non-hydrogen) atoms. The molecule has 2 aromatic rings. The molecule has 1 N–H and O–H groups in total. The smallest absolute Gasteiger partial charge is 0.261 e. The Bertz CT molecular complexity index is 985. The number of nitrogens with zero attached hydrogens (tertiary/aromatic N) is 2. The van der Waals surface area contributed by atoms with Crippen molar-refractivity contribution >= 4 is 29.3 Å². The van der Waals surface area contributed by atoms with Crippen LogP contribution < -0.4 is 5.32 Å². The molecular weight excluding hydrogens is 402 g/mol. The van der Waals surface area contributed by atoms with E-state index in [2.05, 4.69) is 10.2 Å². The van der Waals surface area contributed by atoms with Crippen LogP contribution in [-0.4, -0.2) is 53.7 Å². The number of nitrogens with one attached hydrogen (secondary N) is 1. The van der Waals surface area contributed by atoms with Crippen LogP contribution in [0.15, 0.2) is 42.5 Å². The number of amides is 3. The lowest BCUT2D eigenvalue weighted by Gasteiger charge is -2.14. The number of benzene rings is 2. The number of likely N-dealkylation sites (tertiary alicyclic amines) is 1. The van der Waals surface area contributed by atoms with Gasteiger partial charge >= 0.3 is 0 Å². The van der Waals surface area contributed by atoms with Crippen LogP contribution in [0.1, 0.15) is 55.9 Å². The molecular formula is C23H24ClN3O3. The first-order chi connectivity index (χ1) is 14.5. The second-order valence-corrected chi connectivity index (χ2v) is 8.18. The Balaban J connectivity index is 1.39. The fourth-order valence-corrected chi connectivity index (χ4v) is 4.22. The van der Waals surface area contributed by atoms with Crippen molar-refractivity contribution in [2.45, 2.75) is 25.8 Å². The van der Waals surface area contributed by atoms with Gasteiger partial charge in [-0.25, -0.2) is 0 Å². The summed E-state index contributed by atoms with van der Waals surface area (Å²) in [6, 6.07) is 11.7. The van der Waals surface area contributed by atoms with Crippen molar-refractivity contribution < 1.29 is 14.4 Å². The molecule has 0 aliphatic carbocycles. The first-order valence-corrected chi connectivity index (χ1v) is 10.7. The highest BCUT2D eigenvalue weighted by Gasteiger charge is 2.36. The van der Waals surface area contributed by atoms with Crippen molar-refractivity contribution in [3.05, 3.63) is 69.7 Å². The molecule has 156 valence electrons. The fourth-order valence-electron chi connectivity index (χ4n) is 4.01. The van der Waals surface area contributed by atoms with E-state index in [1.807, 2.05) is 6.07 Å². The molecule has 2 heterocycles. The van der Waals surface area contributed by atoms with Crippen LogP contribution in [0.3, 0.4) is 0 Å². The second kappa shape index (κ2) is 8.98. The number of hydrogen-bond acceptors (Lipinski definition) is 4. The molecule has 2 aromatic carbocycles. The van der Waals surface area contributed by atoms with Crippen LogP contribution in [-0.2, 0) is 6.54 Å². The lowest BCUT2D eigenvalue weighted by Crippen LogP contribution is -2.29. The highest BCUT2D eigenvalue weighted by Crippen LogP contribution is 2.26. The van der Waals surface area contributed by atoms with Gasteiger partial charge < -0.3 is 10.2 Å². The molecule has 0 bridgehead atoms. The van der Waals surface area contributed by atoms with Crippen molar-refractivity contribution in [1.82, 2.24) is 15.1 Å². The molecule has 2 aliphatic heterocycles. The van der Waals surface area contributed by atoms with Gasteiger partial charge in [-0.05, 0) is 74.8 Å². The van der Waals surface area contributed by atoms with Crippen molar-refractivity contribution in [3.8, 4) is 0 Å². The summed E-state index contributed by atoms with van der Waals surface area (Å²) in [5, 5.41) is 3.46. The molecule has 1 fully saturated rings. The summed E-state index contributed by atoms with van der Waals surface area (Å²) in [6.45, 7) is 3.99.